The van der Waals surface area contributed by atoms with Crippen molar-refractivity contribution in [3.05, 3.63) is 96.3 Å². The molecule has 3 aromatic carbocycles. The van der Waals surface area contributed by atoms with Crippen LogP contribution in [0.2, 0.25) is 0 Å². The Balaban J connectivity index is 1.33. The van der Waals surface area contributed by atoms with Crippen molar-refractivity contribution in [2.45, 2.75) is 33.1 Å². The maximum absolute atomic E-state index is 13.4. The van der Waals surface area contributed by atoms with Crippen LogP contribution in [0, 0.1) is 6.92 Å². The van der Waals surface area contributed by atoms with E-state index in [-0.39, 0.29) is 17.9 Å². The molecule has 5 rings (SSSR count). The van der Waals surface area contributed by atoms with Crippen molar-refractivity contribution in [2.24, 2.45) is 0 Å². The van der Waals surface area contributed by atoms with Crippen molar-refractivity contribution < 1.29 is 19.1 Å². The molecule has 0 unspecified atom stereocenters. The number of carbonyl (C=O) groups is 2. The van der Waals surface area contributed by atoms with Crippen molar-refractivity contribution >= 4 is 40.0 Å². The molecule has 0 saturated carbocycles. The predicted molar refractivity (Wildman–Crippen MR) is 181 cm³/mol. The van der Waals surface area contributed by atoms with Crippen LogP contribution in [0.4, 0.5) is 22.1 Å². The summed E-state index contributed by atoms with van der Waals surface area (Å²) in [4.78, 5) is 29.9. The number of fused-ring (bicyclic) bond motifs is 1. The zero-order valence-corrected chi connectivity index (χ0v) is 26.7. The molecule has 0 atom stereocenters. The van der Waals surface area contributed by atoms with Gasteiger partial charge < -0.3 is 25.4 Å². The Bertz CT molecular complexity index is 1830. The highest BCUT2D eigenvalue weighted by molar-refractivity contribution is 6.07. The maximum Gasteiger partial charge on any atom is 0.324 e. The standard InChI is InChI=1S/C35H39N7O4/c1-23-10-12-24(13-11-23)42-32(21-30(41-42)35(2,3)4)40-34(44)38-28-14-15-29(27-9-7-6-8-26(27)28)46-25-16-17-37-31(20-25)39-33(43)22-36-18-19-45-5/h6-17,20-21,36H,18-19,22H2,1-5H3,(H,37,39,43)(H2,38,40,44). The van der Waals surface area contributed by atoms with Gasteiger partial charge in [-0.2, -0.15) is 5.10 Å². The van der Waals surface area contributed by atoms with Gasteiger partial charge in [0.1, 0.15) is 23.1 Å². The highest BCUT2D eigenvalue weighted by Crippen LogP contribution is 2.35. The second-order valence-corrected chi connectivity index (χ2v) is 11.8. The molecule has 5 aromatic rings. The molecule has 0 radical (unpaired) electrons. The van der Waals surface area contributed by atoms with Crippen LogP contribution < -0.4 is 26.0 Å². The van der Waals surface area contributed by atoms with E-state index in [0.717, 1.165) is 27.7 Å². The topological polar surface area (TPSA) is 131 Å². The van der Waals surface area contributed by atoms with E-state index in [0.29, 0.717) is 42.0 Å². The van der Waals surface area contributed by atoms with Gasteiger partial charge in [-0.3, -0.25) is 10.1 Å². The van der Waals surface area contributed by atoms with Crippen LogP contribution in [0.15, 0.2) is 85.1 Å². The molecule has 0 saturated heterocycles. The molecule has 0 bridgehead atoms. The van der Waals surface area contributed by atoms with Crippen LogP contribution in [0.5, 0.6) is 11.5 Å². The first-order chi connectivity index (χ1) is 22.1. The first kappa shape index (κ1) is 32.1. The molecule has 0 aliphatic heterocycles. The number of methoxy groups -OCH3 is 1. The molecule has 0 spiro atoms. The summed E-state index contributed by atoms with van der Waals surface area (Å²) in [6, 6.07) is 24.1. The van der Waals surface area contributed by atoms with Crippen LogP contribution in [0.1, 0.15) is 32.0 Å². The number of nitrogens with zero attached hydrogens (tertiary/aromatic N) is 3. The molecule has 3 amide bonds. The minimum atomic E-state index is -0.404. The third-order valence-electron chi connectivity index (χ3n) is 7.13. The second-order valence-electron chi connectivity index (χ2n) is 11.8. The molecule has 11 nitrogen and oxygen atoms in total. The molecule has 2 aromatic heterocycles. The van der Waals surface area contributed by atoms with Gasteiger partial charge in [-0.15, -0.1) is 0 Å². The fourth-order valence-electron chi connectivity index (χ4n) is 4.69. The molecule has 0 fully saturated rings. The number of hydrogen-bond donors (Lipinski definition) is 4. The molecule has 0 aliphatic rings. The minimum Gasteiger partial charge on any atom is -0.457 e. The van der Waals surface area contributed by atoms with Crippen molar-refractivity contribution in [3.63, 3.8) is 0 Å². The van der Waals surface area contributed by atoms with Crippen LogP contribution in [0.25, 0.3) is 16.5 Å². The van der Waals surface area contributed by atoms with Gasteiger partial charge in [-0.25, -0.2) is 14.5 Å². The first-order valence-electron chi connectivity index (χ1n) is 15.0. The number of pyridine rings is 1. The van der Waals surface area contributed by atoms with E-state index in [1.807, 2.05) is 61.5 Å². The molecular weight excluding hydrogens is 582 g/mol. The van der Waals surface area contributed by atoms with Crippen LogP contribution in [-0.2, 0) is 14.9 Å². The Labute approximate surface area is 268 Å². The van der Waals surface area contributed by atoms with E-state index in [1.165, 1.54) is 0 Å². The van der Waals surface area contributed by atoms with E-state index in [1.54, 1.807) is 42.3 Å². The lowest BCUT2D eigenvalue weighted by molar-refractivity contribution is -0.115. The lowest BCUT2D eigenvalue weighted by Gasteiger charge is -2.15. The van der Waals surface area contributed by atoms with E-state index < -0.39 is 6.03 Å². The summed E-state index contributed by atoms with van der Waals surface area (Å²) in [6.45, 7) is 9.49. The van der Waals surface area contributed by atoms with Gasteiger partial charge in [0.05, 0.1) is 30.2 Å². The zero-order chi connectivity index (χ0) is 32.7. The van der Waals surface area contributed by atoms with E-state index in [9.17, 15) is 9.59 Å². The normalized spacial score (nSPS) is 11.3. The average molecular weight is 622 g/mol. The molecule has 0 aliphatic carbocycles. The lowest BCUT2D eigenvalue weighted by Crippen LogP contribution is -2.30. The van der Waals surface area contributed by atoms with Gasteiger partial charge in [0.25, 0.3) is 0 Å². The average Bonchev–Trinajstić information content (AvgIpc) is 3.45. The highest BCUT2D eigenvalue weighted by atomic mass is 16.5. The lowest BCUT2D eigenvalue weighted by atomic mass is 9.92. The number of benzene rings is 3. The third-order valence-corrected chi connectivity index (χ3v) is 7.13. The van der Waals surface area contributed by atoms with Gasteiger partial charge >= 0.3 is 6.03 Å². The number of amides is 3. The van der Waals surface area contributed by atoms with Crippen molar-refractivity contribution in [1.82, 2.24) is 20.1 Å². The quantitative estimate of drug-likeness (QED) is 0.122. The van der Waals surface area contributed by atoms with Crippen molar-refractivity contribution in [1.29, 1.82) is 0 Å². The number of aryl methyl sites for hydroxylation is 1. The number of carbonyl (C=O) groups excluding carboxylic acids is 2. The number of ether oxygens (including phenoxy) is 2. The fourth-order valence-corrected chi connectivity index (χ4v) is 4.69. The van der Waals surface area contributed by atoms with Gasteiger partial charge in [-0.05, 0) is 37.3 Å². The number of rotatable bonds is 11. The number of urea groups is 1. The zero-order valence-electron chi connectivity index (χ0n) is 26.7. The molecule has 2 heterocycles. The summed E-state index contributed by atoms with van der Waals surface area (Å²) in [5, 5.41) is 18.1. The van der Waals surface area contributed by atoms with Crippen LogP contribution >= 0.6 is 0 Å². The molecule has 11 heteroatoms. The first-order valence-corrected chi connectivity index (χ1v) is 15.0. The van der Waals surface area contributed by atoms with E-state index in [4.69, 9.17) is 14.6 Å². The Kier molecular flexibility index (Phi) is 9.94. The smallest absolute Gasteiger partial charge is 0.324 e. The summed E-state index contributed by atoms with van der Waals surface area (Å²) in [5.74, 6) is 1.78. The largest absolute Gasteiger partial charge is 0.457 e. The maximum atomic E-state index is 13.4. The van der Waals surface area contributed by atoms with Crippen molar-refractivity contribution in [3.8, 4) is 17.2 Å². The summed E-state index contributed by atoms with van der Waals surface area (Å²) < 4.78 is 13.0. The van der Waals surface area contributed by atoms with Crippen molar-refractivity contribution in [2.75, 3.05) is 42.8 Å². The number of aromatic nitrogens is 3. The Hall–Kier alpha value is -5.26. The van der Waals surface area contributed by atoms with Crippen LogP contribution in [-0.4, -0.2) is 53.5 Å². The number of nitrogens with one attached hydrogen (secondary N) is 4. The molecular formula is C35H39N7O4. The molecule has 238 valence electrons. The van der Waals surface area contributed by atoms with Crippen LogP contribution in [0.3, 0.4) is 0 Å². The molecule has 46 heavy (non-hydrogen) atoms. The Morgan fingerprint density at radius 2 is 1.65 bits per heavy atom. The summed E-state index contributed by atoms with van der Waals surface area (Å²) in [6.07, 6.45) is 1.57. The minimum absolute atomic E-state index is 0.134. The summed E-state index contributed by atoms with van der Waals surface area (Å²) in [5.41, 5.74) is 3.24. The monoisotopic (exact) mass is 621 g/mol. The van der Waals surface area contributed by atoms with E-state index in [2.05, 4.69) is 47.0 Å². The molecule has 4 N–H and O–H groups in total. The van der Waals surface area contributed by atoms with Gasteiger partial charge in [0.2, 0.25) is 5.91 Å². The Morgan fingerprint density at radius 1 is 0.891 bits per heavy atom. The number of anilines is 3. The highest BCUT2D eigenvalue weighted by Gasteiger charge is 2.22. The van der Waals surface area contributed by atoms with Gasteiger partial charge in [0.15, 0.2) is 0 Å². The summed E-state index contributed by atoms with van der Waals surface area (Å²) in [7, 11) is 1.61. The predicted octanol–water partition coefficient (Wildman–Crippen LogP) is 6.64. The van der Waals surface area contributed by atoms with E-state index >= 15 is 0 Å². The van der Waals surface area contributed by atoms with Gasteiger partial charge in [-0.1, -0.05) is 62.7 Å². The van der Waals surface area contributed by atoms with Gasteiger partial charge in [0, 0.05) is 48.2 Å². The number of hydrogen-bond acceptors (Lipinski definition) is 7. The SMILES string of the molecule is COCCNCC(=O)Nc1cc(Oc2ccc(NC(=O)Nc3cc(C(C)(C)C)nn3-c3ccc(C)cc3)c3ccccc23)ccn1. The fraction of sp³-hybridized carbons (Fsp3) is 0.257. The Morgan fingerprint density at radius 3 is 2.39 bits per heavy atom. The third kappa shape index (κ3) is 8.06. The summed E-state index contributed by atoms with van der Waals surface area (Å²) >= 11 is 0. The second kappa shape index (κ2) is 14.2.